The van der Waals surface area contributed by atoms with E-state index < -0.39 is 10.0 Å². The quantitative estimate of drug-likeness (QED) is 0.591. The zero-order valence-electron chi connectivity index (χ0n) is 12.3. The van der Waals surface area contributed by atoms with Crippen molar-refractivity contribution in [3.05, 3.63) is 29.6 Å². The molecule has 0 saturated heterocycles. The molecule has 0 aliphatic carbocycles. The molecule has 4 N–H and O–H groups in total. The molecule has 21 heavy (non-hydrogen) atoms. The van der Waals surface area contributed by atoms with Crippen molar-refractivity contribution in [2.45, 2.75) is 44.8 Å². The molecule has 2 rings (SSSR count). The van der Waals surface area contributed by atoms with E-state index in [1.807, 2.05) is 13.8 Å². The van der Waals surface area contributed by atoms with Crippen molar-refractivity contribution in [3.63, 3.8) is 0 Å². The number of nitrogens with zero attached hydrogens (tertiary/aromatic N) is 2. The van der Waals surface area contributed by atoms with E-state index in [1.54, 1.807) is 19.3 Å². The maximum absolute atomic E-state index is 12.4. The highest BCUT2D eigenvalue weighted by Crippen LogP contribution is 2.17. The van der Waals surface area contributed by atoms with Gasteiger partial charge in [0.15, 0.2) is 0 Å². The summed E-state index contributed by atoms with van der Waals surface area (Å²) in [5.41, 5.74) is 0.996. The smallest absolute Gasteiger partial charge is 0.244 e. The third kappa shape index (κ3) is 3.90. The van der Waals surface area contributed by atoms with Gasteiger partial charge in [0.05, 0.1) is 17.9 Å². The van der Waals surface area contributed by atoms with Crippen LogP contribution in [-0.2, 0) is 23.1 Å². The maximum Gasteiger partial charge on any atom is 0.244 e. The number of nitrogens with one attached hydrogen (secondary N) is 4. The van der Waals surface area contributed by atoms with Gasteiger partial charge in [0.25, 0.3) is 0 Å². The second-order valence-electron chi connectivity index (χ2n) is 5.02. The third-order valence-electron chi connectivity index (χ3n) is 2.89. The fourth-order valence-corrected chi connectivity index (χ4v) is 3.22. The second-order valence-corrected chi connectivity index (χ2v) is 6.72. The standard InChI is InChI=1S/C12H20N6O2S/c1-8(2)15-6-10-12(9(3)17-18-10)21(19,20)16-7-11-13-4-5-14-11/h4-5,8,15-16H,6-7H2,1-3H3,(H,13,14)(H,17,18). The first-order valence-corrected chi connectivity index (χ1v) is 8.13. The largest absolute Gasteiger partial charge is 0.347 e. The molecule has 0 aromatic carbocycles. The summed E-state index contributed by atoms with van der Waals surface area (Å²) < 4.78 is 27.4. The number of hydrogen-bond acceptors (Lipinski definition) is 5. The average Bonchev–Trinajstić information content (AvgIpc) is 3.03. The minimum Gasteiger partial charge on any atom is -0.347 e. The Kier molecular flexibility index (Phi) is 4.76. The number of imidazole rings is 1. The summed E-state index contributed by atoms with van der Waals surface area (Å²) in [5.74, 6) is 0.557. The Morgan fingerprint density at radius 1 is 1.33 bits per heavy atom. The number of aryl methyl sites for hydroxylation is 1. The van der Waals surface area contributed by atoms with Crippen molar-refractivity contribution < 1.29 is 8.42 Å². The normalized spacial score (nSPS) is 12.2. The average molecular weight is 312 g/mol. The Labute approximate surface area is 123 Å². The summed E-state index contributed by atoms with van der Waals surface area (Å²) in [7, 11) is -3.65. The van der Waals surface area contributed by atoms with Gasteiger partial charge < -0.3 is 10.3 Å². The van der Waals surface area contributed by atoms with Gasteiger partial charge in [-0.3, -0.25) is 5.10 Å². The molecule has 116 valence electrons. The molecule has 2 aromatic heterocycles. The van der Waals surface area contributed by atoms with E-state index in [0.29, 0.717) is 23.8 Å². The summed E-state index contributed by atoms with van der Waals surface area (Å²) in [6.45, 7) is 6.16. The molecule has 0 unspecified atom stereocenters. The van der Waals surface area contributed by atoms with Crippen LogP contribution in [0.1, 0.15) is 31.1 Å². The monoisotopic (exact) mass is 312 g/mol. The lowest BCUT2D eigenvalue weighted by Gasteiger charge is -2.09. The molecule has 0 aliphatic heterocycles. The molecule has 0 saturated carbocycles. The minimum absolute atomic E-state index is 0.108. The van der Waals surface area contributed by atoms with Gasteiger partial charge in [0.2, 0.25) is 10.0 Å². The van der Waals surface area contributed by atoms with E-state index in [9.17, 15) is 8.42 Å². The topological polar surface area (TPSA) is 116 Å². The van der Waals surface area contributed by atoms with Crippen molar-refractivity contribution >= 4 is 10.0 Å². The molecule has 0 fully saturated rings. The van der Waals surface area contributed by atoms with Gasteiger partial charge in [0.1, 0.15) is 10.7 Å². The SMILES string of the molecule is Cc1[nH]nc(CNC(C)C)c1S(=O)(=O)NCc1ncc[nH]1. The predicted molar refractivity (Wildman–Crippen MR) is 77.9 cm³/mol. The molecular weight excluding hydrogens is 292 g/mol. The molecule has 0 spiro atoms. The van der Waals surface area contributed by atoms with Crippen LogP contribution in [0.25, 0.3) is 0 Å². The van der Waals surface area contributed by atoms with Crippen molar-refractivity contribution in [1.82, 2.24) is 30.2 Å². The van der Waals surface area contributed by atoms with Crippen LogP contribution >= 0.6 is 0 Å². The van der Waals surface area contributed by atoms with Crippen LogP contribution in [0.15, 0.2) is 17.3 Å². The zero-order chi connectivity index (χ0) is 15.5. The Bertz CT molecular complexity index is 675. The molecule has 2 aromatic rings. The molecule has 0 aliphatic rings. The first kappa shape index (κ1) is 15.7. The lowest BCUT2D eigenvalue weighted by atomic mass is 10.3. The first-order valence-electron chi connectivity index (χ1n) is 6.65. The van der Waals surface area contributed by atoms with Crippen LogP contribution in [0.4, 0.5) is 0 Å². The Balaban J connectivity index is 2.16. The van der Waals surface area contributed by atoms with E-state index in [0.717, 1.165) is 0 Å². The summed E-state index contributed by atoms with van der Waals surface area (Å²) in [5, 5.41) is 9.96. The predicted octanol–water partition coefficient (Wildman–Crippen LogP) is 0.418. The molecule has 0 amide bonds. The van der Waals surface area contributed by atoms with Crippen LogP contribution in [0.2, 0.25) is 0 Å². The van der Waals surface area contributed by atoms with E-state index >= 15 is 0 Å². The number of sulfonamides is 1. The van der Waals surface area contributed by atoms with Crippen LogP contribution in [-0.4, -0.2) is 34.6 Å². The van der Waals surface area contributed by atoms with Crippen molar-refractivity contribution in [3.8, 4) is 0 Å². The van der Waals surface area contributed by atoms with Crippen LogP contribution < -0.4 is 10.0 Å². The number of rotatable bonds is 7. The highest BCUT2D eigenvalue weighted by Gasteiger charge is 2.24. The summed E-state index contributed by atoms with van der Waals surface area (Å²) in [6, 6.07) is 0.244. The van der Waals surface area contributed by atoms with Crippen LogP contribution in [0, 0.1) is 6.92 Å². The van der Waals surface area contributed by atoms with Gasteiger partial charge in [0, 0.05) is 25.0 Å². The highest BCUT2D eigenvalue weighted by atomic mass is 32.2. The van der Waals surface area contributed by atoms with Gasteiger partial charge >= 0.3 is 0 Å². The van der Waals surface area contributed by atoms with E-state index in [4.69, 9.17) is 0 Å². The van der Waals surface area contributed by atoms with Gasteiger partial charge in [-0.05, 0) is 6.92 Å². The van der Waals surface area contributed by atoms with E-state index in [2.05, 4.69) is 30.2 Å². The summed E-state index contributed by atoms with van der Waals surface area (Å²) >= 11 is 0. The highest BCUT2D eigenvalue weighted by molar-refractivity contribution is 7.89. The van der Waals surface area contributed by atoms with Crippen LogP contribution in [0.5, 0.6) is 0 Å². The minimum atomic E-state index is -3.65. The van der Waals surface area contributed by atoms with E-state index in [1.165, 1.54) is 0 Å². The molecule has 9 heteroatoms. The van der Waals surface area contributed by atoms with Gasteiger partial charge in [-0.25, -0.2) is 18.1 Å². The zero-order valence-corrected chi connectivity index (χ0v) is 13.1. The van der Waals surface area contributed by atoms with Crippen molar-refractivity contribution in [1.29, 1.82) is 0 Å². The Morgan fingerprint density at radius 2 is 2.10 bits per heavy atom. The third-order valence-corrected chi connectivity index (χ3v) is 4.50. The van der Waals surface area contributed by atoms with E-state index in [-0.39, 0.29) is 17.5 Å². The fraction of sp³-hybridized carbons (Fsp3) is 0.500. The van der Waals surface area contributed by atoms with Gasteiger partial charge in [-0.15, -0.1) is 0 Å². The molecule has 2 heterocycles. The molecule has 0 bridgehead atoms. The van der Waals surface area contributed by atoms with Crippen molar-refractivity contribution in [2.75, 3.05) is 0 Å². The van der Waals surface area contributed by atoms with Gasteiger partial charge in [-0.1, -0.05) is 13.8 Å². The van der Waals surface area contributed by atoms with Crippen LogP contribution in [0.3, 0.4) is 0 Å². The second kappa shape index (κ2) is 6.37. The number of aromatic nitrogens is 4. The maximum atomic E-state index is 12.4. The van der Waals surface area contributed by atoms with Gasteiger partial charge in [-0.2, -0.15) is 5.10 Å². The fourth-order valence-electron chi connectivity index (χ4n) is 1.88. The molecule has 8 nitrogen and oxygen atoms in total. The Morgan fingerprint density at radius 3 is 2.71 bits per heavy atom. The Hall–Kier alpha value is -1.71. The van der Waals surface area contributed by atoms with Crippen molar-refractivity contribution in [2.24, 2.45) is 0 Å². The first-order chi connectivity index (χ1) is 9.90. The lowest BCUT2D eigenvalue weighted by molar-refractivity contribution is 0.563. The molecule has 0 atom stereocenters. The molecule has 0 radical (unpaired) electrons. The number of hydrogen-bond donors (Lipinski definition) is 4. The number of H-pyrrole nitrogens is 2. The number of aromatic amines is 2. The summed E-state index contributed by atoms with van der Waals surface area (Å²) in [6.07, 6.45) is 3.22. The summed E-state index contributed by atoms with van der Waals surface area (Å²) in [4.78, 5) is 7.03. The lowest BCUT2D eigenvalue weighted by Crippen LogP contribution is -2.27. The molecular formula is C12H20N6O2S.